The zero-order valence-corrected chi connectivity index (χ0v) is 17.6. The molecule has 0 spiro atoms. The van der Waals surface area contributed by atoms with E-state index in [0.717, 1.165) is 29.0 Å². The van der Waals surface area contributed by atoms with E-state index in [2.05, 4.69) is 61.4 Å². The number of aromatic amines is 1. The van der Waals surface area contributed by atoms with Gasteiger partial charge in [-0.25, -0.2) is 4.39 Å². The third kappa shape index (κ3) is 4.43. The van der Waals surface area contributed by atoms with Crippen LogP contribution in [0.1, 0.15) is 34.1 Å². The molecule has 0 saturated carbocycles. The van der Waals surface area contributed by atoms with Crippen molar-refractivity contribution in [3.05, 3.63) is 94.7 Å². The molecule has 0 aliphatic rings. The van der Waals surface area contributed by atoms with Gasteiger partial charge < -0.3 is 10.3 Å². The van der Waals surface area contributed by atoms with Crippen molar-refractivity contribution < 1.29 is 4.39 Å². The highest BCUT2D eigenvalue weighted by Crippen LogP contribution is 2.30. The lowest BCUT2D eigenvalue weighted by molar-refractivity contribution is 0.627. The lowest BCUT2D eigenvalue weighted by atomic mass is 9.99. The molecule has 1 atom stereocenters. The van der Waals surface area contributed by atoms with E-state index in [1.807, 2.05) is 6.20 Å². The van der Waals surface area contributed by atoms with E-state index in [9.17, 15) is 4.39 Å². The first-order chi connectivity index (χ1) is 13.5. The number of H-pyrrole nitrogens is 1. The van der Waals surface area contributed by atoms with Gasteiger partial charge in [-0.15, -0.1) is 12.4 Å². The van der Waals surface area contributed by atoms with Crippen LogP contribution in [-0.2, 0) is 6.42 Å². The van der Waals surface area contributed by atoms with Gasteiger partial charge in [0, 0.05) is 23.0 Å². The van der Waals surface area contributed by atoms with Crippen LogP contribution in [0.5, 0.6) is 0 Å². The number of halogens is 2. The second-order valence-corrected chi connectivity index (χ2v) is 7.39. The summed E-state index contributed by atoms with van der Waals surface area (Å²) in [7, 11) is 0. The average Bonchev–Trinajstić information content (AvgIpc) is 2.97. The lowest BCUT2D eigenvalue weighted by Crippen LogP contribution is -2.16. The quantitative estimate of drug-likeness (QED) is 0.398. The summed E-state index contributed by atoms with van der Waals surface area (Å²) in [5.74, 6) is -0.239. The summed E-state index contributed by atoms with van der Waals surface area (Å²) >= 11 is 0. The van der Waals surface area contributed by atoms with Gasteiger partial charge in [-0.3, -0.25) is 4.98 Å². The largest absolute Gasteiger partial charge is 0.376 e. The number of rotatable bonds is 5. The Morgan fingerprint density at radius 3 is 2.52 bits per heavy atom. The zero-order valence-electron chi connectivity index (χ0n) is 16.8. The van der Waals surface area contributed by atoms with Crippen LogP contribution in [0, 0.1) is 26.6 Å². The second-order valence-electron chi connectivity index (χ2n) is 7.39. The number of aromatic nitrogens is 2. The van der Waals surface area contributed by atoms with Gasteiger partial charge in [0.1, 0.15) is 5.82 Å². The van der Waals surface area contributed by atoms with Crippen LogP contribution in [-0.4, -0.2) is 9.97 Å². The first kappa shape index (κ1) is 20.9. The third-order valence-electron chi connectivity index (χ3n) is 5.30. The van der Waals surface area contributed by atoms with Crippen molar-refractivity contribution in [3.8, 4) is 0 Å². The van der Waals surface area contributed by atoms with Crippen LogP contribution >= 0.6 is 12.4 Å². The zero-order chi connectivity index (χ0) is 19.7. The summed E-state index contributed by atoms with van der Waals surface area (Å²) in [6.45, 7) is 6.31. The molecule has 0 aliphatic heterocycles. The number of hydrogen-bond donors (Lipinski definition) is 2. The molecule has 0 aliphatic carbocycles. The van der Waals surface area contributed by atoms with Gasteiger partial charge in [0.25, 0.3) is 0 Å². The van der Waals surface area contributed by atoms with E-state index in [1.165, 1.54) is 34.2 Å². The first-order valence-corrected chi connectivity index (χ1v) is 9.52. The minimum atomic E-state index is -0.239. The van der Waals surface area contributed by atoms with Crippen molar-refractivity contribution in [1.82, 2.24) is 9.97 Å². The molecular formula is C24H25ClFN3. The van der Waals surface area contributed by atoms with Crippen molar-refractivity contribution in [3.63, 3.8) is 0 Å². The van der Waals surface area contributed by atoms with Gasteiger partial charge in [0.2, 0.25) is 0 Å². The molecule has 29 heavy (non-hydrogen) atoms. The maximum Gasteiger partial charge on any atom is 0.123 e. The normalized spacial score (nSPS) is 11.9. The summed E-state index contributed by atoms with van der Waals surface area (Å²) in [5.41, 5.74) is 7.77. The van der Waals surface area contributed by atoms with Gasteiger partial charge in [0.05, 0.1) is 17.3 Å². The molecule has 5 heteroatoms. The monoisotopic (exact) mass is 409 g/mol. The van der Waals surface area contributed by atoms with Crippen molar-refractivity contribution in [1.29, 1.82) is 0 Å². The summed E-state index contributed by atoms with van der Waals surface area (Å²) in [6.07, 6.45) is 2.65. The Morgan fingerprint density at radius 2 is 1.79 bits per heavy atom. The topological polar surface area (TPSA) is 40.7 Å². The van der Waals surface area contributed by atoms with Crippen molar-refractivity contribution in [2.75, 3.05) is 5.32 Å². The number of nitrogens with zero attached hydrogens (tertiary/aromatic N) is 1. The molecule has 4 rings (SSSR count). The van der Waals surface area contributed by atoms with Crippen LogP contribution in [0.25, 0.3) is 10.9 Å². The molecule has 2 heterocycles. The highest BCUT2D eigenvalue weighted by molar-refractivity contribution is 5.86. The molecule has 150 valence electrons. The fraction of sp³-hybridized carbons (Fsp3) is 0.208. The number of benzene rings is 2. The van der Waals surface area contributed by atoms with E-state index in [4.69, 9.17) is 4.98 Å². The molecule has 4 aromatic rings. The Morgan fingerprint density at radius 1 is 1.03 bits per heavy atom. The maximum absolute atomic E-state index is 13.3. The predicted molar refractivity (Wildman–Crippen MR) is 120 cm³/mol. The molecule has 3 nitrogen and oxygen atoms in total. The van der Waals surface area contributed by atoms with Gasteiger partial charge in [-0.05, 0) is 68.7 Å². The molecule has 0 fully saturated rings. The standard InChI is InChI=1S/C24H24FN3.ClH/c1-15-5-4-6-18(13-15)14-22(28-20-9-7-19(25)8-10-20)24-23-21(11-12-26-24)16(2)17(3)27-23;/h4-13,22,27-28H,14H2,1-3H3;1H. The van der Waals surface area contributed by atoms with Crippen LogP contribution in [0.15, 0.2) is 60.8 Å². The predicted octanol–water partition coefficient (Wildman–Crippen LogP) is 6.44. The Labute approximate surface area is 176 Å². The van der Waals surface area contributed by atoms with E-state index in [1.54, 1.807) is 12.1 Å². The summed E-state index contributed by atoms with van der Waals surface area (Å²) in [4.78, 5) is 8.23. The number of anilines is 1. The maximum atomic E-state index is 13.3. The molecule has 0 bridgehead atoms. The number of hydrogen-bond acceptors (Lipinski definition) is 2. The van der Waals surface area contributed by atoms with Crippen LogP contribution < -0.4 is 5.32 Å². The van der Waals surface area contributed by atoms with Gasteiger partial charge in [-0.2, -0.15) is 0 Å². The lowest BCUT2D eigenvalue weighted by Gasteiger charge is -2.21. The minimum Gasteiger partial charge on any atom is -0.376 e. The number of fused-ring (bicyclic) bond motifs is 1. The van der Waals surface area contributed by atoms with E-state index in [-0.39, 0.29) is 24.3 Å². The minimum absolute atomic E-state index is 0. The molecule has 0 saturated heterocycles. The highest BCUT2D eigenvalue weighted by atomic mass is 35.5. The Balaban J connectivity index is 0.00000240. The van der Waals surface area contributed by atoms with Gasteiger partial charge in [-0.1, -0.05) is 29.8 Å². The van der Waals surface area contributed by atoms with Crippen molar-refractivity contribution >= 4 is 29.0 Å². The molecular weight excluding hydrogens is 385 g/mol. The molecule has 2 aromatic carbocycles. The van der Waals surface area contributed by atoms with E-state index >= 15 is 0 Å². The molecule has 0 radical (unpaired) electrons. The van der Waals surface area contributed by atoms with E-state index < -0.39 is 0 Å². The number of pyridine rings is 1. The van der Waals surface area contributed by atoms with Crippen LogP contribution in [0.3, 0.4) is 0 Å². The van der Waals surface area contributed by atoms with Gasteiger partial charge in [0.15, 0.2) is 0 Å². The average molecular weight is 410 g/mol. The molecule has 2 aromatic heterocycles. The third-order valence-corrected chi connectivity index (χ3v) is 5.30. The Bertz CT molecular complexity index is 1120. The van der Waals surface area contributed by atoms with Gasteiger partial charge >= 0.3 is 0 Å². The number of nitrogens with one attached hydrogen (secondary N) is 2. The van der Waals surface area contributed by atoms with Crippen molar-refractivity contribution in [2.45, 2.75) is 33.2 Å². The fourth-order valence-corrected chi connectivity index (χ4v) is 3.71. The van der Waals surface area contributed by atoms with Crippen molar-refractivity contribution in [2.24, 2.45) is 0 Å². The molecule has 0 amide bonds. The summed E-state index contributed by atoms with van der Waals surface area (Å²) < 4.78 is 13.3. The summed E-state index contributed by atoms with van der Waals surface area (Å²) in [6, 6.07) is 17.0. The Kier molecular flexibility index (Phi) is 6.23. The first-order valence-electron chi connectivity index (χ1n) is 9.52. The number of aryl methyl sites for hydroxylation is 3. The highest BCUT2D eigenvalue weighted by Gasteiger charge is 2.19. The molecule has 2 N–H and O–H groups in total. The Hall–Kier alpha value is -2.85. The molecule has 1 unspecified atom stereocenters. The summed E-state index contributed by atoms with van der Waals surface area (Å²) in [5, 5.41) is 4.75. The second kappa shape index (κ2) is 8.66. The SMILES string of the molecule is Cc1cccc(CC(Nc2ccc(F)cc2)c2nccc3c(C)c(C)[nH]c23)c1.Cl. The van der Waals surface area contributed by atoms with Crippen LogP contribution in [0.4, 0.5) is 10.1 Å². The fourth-order valence-electron chi connectivity index (χ4n) is 3.71. The van der Waals surface area contributed by atoms with E-state index in [0.29, 0.717) is 0 Å². The van der Waals surface area contributed by atoms with Crippen LogP contribution in [0.2, 0.25) is 0 Å². The smallest absolute Gasteiger partial charge is 0.123 e.